The maximum Gasteiger partial charge on any atom is 0.246 e. The molecule has 2 atom stereocenters. The molecule has 3 rings (SSSR count). The molecule has 41 heavy (non-hydrogen) atoms. The van der Waals surface area contributed by atoms with Crippen LogP contribution in [0.2, 0.25) is 5.02 Å². The second-order valence-electron chi connectivity index (χ2n) is 11.9. The van der Waals surface area contributed by atoms with Crippen molar-refractivity contribution in [3.63, 3.8) is 0 Å². The number of rotatable bonds is 10. The van der Waals surface area contributed by atoms with Gasteiger partial charge in [-0.25, -0.2) is 0 Å². The SMILES string of the molecule is Cc1cc(NC(=O)[C@H](CCN)NC(=O)[C@@H]2Cc3ccccc3CN2C(=O)CCC(=O)N(C)CC(C)(C)C)ccc1Cl. The van der Waals surface area contributed by atoms with Crippen molar-refractivity contribution in [2.75, 3.05) is 25.5 Å². The van der Waals surface area contributed by atoms with Crippen molar-refractivity contribution in [2.45, 2.75) is 72.0 Å². The molecule has 0 unspecified atom stereocenters. The van der Waals surface area contributed by atoms with Gasteiger partial charge >= 0.3 is 0 Å². The van der Waals surface area contributed by atoms with Gasteiger partial charge in [-0.15, -0.1) is 0 Å². The van der Waals surface area contributed by atoms with E-state index in [1.54, 1.807) is 30.1 Å². The summed E-state index contributed by atoms with van der Waals surface area (Å²) in [4.78, 5) is 56.1. The second-order valence-corrected chi connectivity index (χ2v) is 12.3. The van der Waals surface area contributed by atoms with Crippen LogP contribution < -0.4 is 16.4 Å². The van der Waals surface area contributed by atoms with Gasteiger partial charge in [0.1, 0.15) is 12.1 Å². The summed E-state index contributed by atoms with van der Waals surface area (Å²) in [5.74, 6) is -1.26. The Morgan fingerprint density at radius 3 is 2.41 bits per heavy atom. The Labute approximate surface area is 247 Å². The quantitative estimate of drug-likeness (QED) is 0.394. The molecule has 0 spiro atoms. The largest absolute Gasteiger partial charge is 0.345 e. The fourth-order valence-electron chi connectivity index (χ4n) is 5.02. The number of benzene rings is 2. The van der Waals surface area contributed by atoms with Gasteiger partial charge in [0.25, 0.3) is 0 Å². The molecule has 1 aliphatic rings. The Morgan fingerprint density at radius 2 is 1.78 bits per heavy atom. The Kier molecular flexibility index (Phi) is 10.9. The van der Waals surface area contributed by atoms with Gasteiger partial charge in [0.2, 0.25) is 23.6 Å². The van der Waals surface area contributed by atoms with Crippen LogP contribution in [0.1, 0.15) is 56.7 Å². The molecule has 0 fully saturated rings. The Hall–Kier alpha value is -3.43. The highest BCUT2D eigenvalue weighted by molar-refractivity contribution is 6.31. The van der Waals surface area contributed by atoms with Gasteiger partial charge in [0.05, 0.1) is 0 Å². The molecule has 10 heteroatoms. The van der Waals surface area contributed by atoms with E-state index < -0.39 is 23.9 Å². The van der Waals surface area contributed by atoms with Crippen molar-refractivity contribution in [3.8, 4) is 0 Å². The van der Waals surface area contributed by atoms with Crippen molar-refractivity contribution in [1.82, 2.24) is 15.1 Å². The summed E-state index contributed by atoms with van der Waals surface area (Å²) in [6.45, 7) is 8.97. The molecule has 0 bridgehead atoms. The first-order valence-corrected chi connectivity index (χ1v) is 14.3. The first-order chi connectivity index (χ1) is 19.3. The number of nitrogens with zero attached hydrogens (tertiary/aromatic N) is 2. The molecule has 0 saturated heterocycles. The van der Waals surface area contributed by atoms with Gasteiger partial charge < -0.3 is 26.2 Å². The standard InChI is InChI=1S/C31H42ClN5O4/c1-20-16-23(10-11-24(20)32)34-29(40)25(14-15-33)35-30(41)26-17-21-8-6-7-9-22(21)18-37(26)28(39)13-12-27(38)36(5)19-31(2,3)4/h6-11,16,25-26H,12-15,17-19,33H2,1-5H3,(H,34,40)(H,35,41)/t25-,26-/m0/s1. The van der Waals surface area contributed by atoms with E-state index in [1.165, 1.54) is 4.90 Å². The fraction of sp³-hybridized carbons (Fsp3) is 0.484. The highest BCUT2D eigenvalue weighted by Crippen LogP contribution is 2.25. The van der Waals surface area contributed by atoms with Crippen LogP contribution in [0, 0.1) is 12.3 Å². The molecule has 2 aromatic carbocycles. The smallest absolute Gasteiger partial charge is 0.246 e. The van der Waals surface area contributed by atoms with Crippen LogP contribution in [0.3, 0.4) is 0 Å². The number of aryl methyl sites for hydroxylation is 1. The van der Waals surface area contributed by atoms with Gasteiger partial charge in [-0.05, 0) is 60.2 Å². The molecule has 2 aromatic rings. The molecule has 9 nitrogen and oxygen atoms in total. The lowest BCUT2D eigenvalue weighted by Crippen LogP contribution is -2.56. The van der Waals surface area contributed by atoms with Crippen molar-refractivity contribution < 1.29 is 19.2 Å². The summed E-state index contributed by atoms with van der Waals surface area (Å²) in [7, 11) is 1.74. The van der Waals surface area contributed by atoms with Gasteiger partial charge in [-0.2, -0.15) is 0 Å². The monoisotopic (exact) mass is 583 g/mol. The van der Waals surface area contributed by atoms with E-state index in [0.717, 1.165) is 16.7 Å². The lowest BCUT2D eigenvalue weighted by atomic mass is 9.92. The van der Waals surface area contributed by atoms with E-state index in [-0.39, 0.29) is 49.6 Å². The zero-order valence-electron chi connectivity index (χ0n) is 24.6. The molecule has 0 aliphatic carbocycles. The minimum Gasteiger partial charge on any atom is -0.345 e. The summed E-state index contributed by atoms with van der Waals surface area (Å²) in [5, 5.41) is 6.24. The number of carbonyl (C=O) groups is 4. The third-order valence-corrected chi connectivity index (χ3v) is 7.50. The van der Waals surface area contributed by atoms with E-state index >= 15 is 0 Å². The van der Waals surface area contributed by atoms with Crippen molar-refractivity contribution in [2.24, 2.45) is 11.1 Å². The zero-order chi connectivity index (χ0) is 30.3. The van der Waals surface area contributed by atoms with E-state index in [0.29, 0.717) is 23.7 Å². The normalized spacial score (nSPS) is 15.5. The summed E-state index contributed by atoms with van der Waals surface area (Å²) in [5.41, 5.74) is 9.00. The van der Waals surface area contributed by atoms with E-state index in [9.17, 15) is 19.2 Å². The average molecular weight is 584 g/mol. The molecular formula is C31H42ClN5O4. The maximum absolute atomic E-state index is 13.6. The number of nitrogens with one attached hydrogen (secondary N) is 2. The van der Waals surface area contributed by atoms with Crippen LogP contribution in [0.25, 0.3) is 0 Å². The lowest BCUT2D eigenvalue weighted by molar-refractivity contribution is -0.144. The number of fused-ring (bicyclic) bond motifs is 1. The minimum absolute atomic E-state index is 0.0120. The Balaban J connectivity index is 1.74. The van der Waals surface area contributed by atoms with Crippen LogP contribution in [0.4, 0.5) is 5.69 Å². The molecule has 222 valence electrons. The number of carbonyl (C=O) groups excluding carboxylic acids is 4. The van der Waals surface area contributed by atoms with Gasteiger partial charge in [-0.1, -0.05) is 56.6 Å². The Morgan fingerprint density at radius 1 is 1.10 bits per heavy atom. The summed E-state index contributed by atoms with van der Waals surface area (Å²) in [6.07, 6.45) is 0.563. The molecule has 1 aliphatic heterocycles. The van der Waals surface area contributed by atoms with E-state index in [2.05, 4.69) is 10.6 Å². The Bertz CT molecular complexity index is 1280. The van der Waals surface area contributed by atoms with Gasteiger partial charge in [-0.3, -0.25) is 19.2 Å². The molecular weight excluding hydrogens is 542 g/mol. The van der Waals surface area contributed by atoms with Gasteiger partial charge in [0, 0.05) is 50.1 Å². The van der Waals surface area contributed by atoms with Gasteiger partial charge in [0.15, 0.2) is 0 Å². The molecule has 1 heterocycles. The number of halogens is 1. The number of nitrogens with two attached hydrogens (primary N) is 1. The number of hydrogen-bond acceptors (Lipinski definition) is 5. The van der Waals surface area contributed by atoms with Crippen molar-refractivity contribution >= 4 is 40.9 Å². The van der Waals surface area contributed by atoms with Crippen LogP contribution in [0.5, 0.6) is 0 Å². The minimum atomic E-state index is -0.898. The highest BCUT2D eigenvalue weighted by atomic mass is 35.5. The van der Waals surface area contributed by atoms with Crippen molar-refractivity contribution in [1.29, 1.82) is 0 Å². The highest BCUT2D eigenvalue weighted by Gasteiger charge is 2.36. The van der Waals surface area contributed by atoms with Crippen LogP contribution >= 0.6 is 11.6 Å². The third-order valence-electron chi connectivity index (χ3n) is 7.08. The summed E-state index contributed by atoms with van der Waals surface area (Å²) < 4.78 is 0. The molecule has 4 amide bonds. The summed E-state index contributed by atoms with van der Waals surface area (Å²) in [6, 6.07) is 11.1. The molecule has 0 saturated carbocycles. The molecule has 4 N–H and O–H groups in total. The predicted molar refractivity (Wildman–Crippen MR) is 161 cm³/mol. The predicted octanol–water partition coefficient (Wildman–Crippen LogP) is 3.66. The topological polar surface area (TPSA) is 125 Å². The van der Waals surface area contributed by atoms with E-state index in [1.807, 2.05) is 52.0 Å². The second kappa shape index (κ2) is 14.0. The molecule has 0 radical (unpaired) electrons. The van der Waals surface area contributed by atoms with Crippen LogP contribution in [-0.4, -0.2) is 65.6 Å². The summed E-state index contributed by atoms with van der Waals surface area (Å²) >= 11 is 6.10. The number of amides is 4. The number of anilines is 1. The fourth-order valence-corrected chi connectivity index (χ4v) is 5.14. The average Bonchev–Trinajstić information content (AvgIpc) is 2.91. The molecule has 0 aromatic heterocycles. The third kappa shape index (κ3) is 9.03. The number of hydrogen-bond donors (Lipinski definition) is 3. The first-order valence-electron chi connectivity index (χ1n) is 14.0. The van der Waals surface area contributed by atoms with Crippen molar-refractivity contribution in [3.05, 3.63) is 64.2 Å². The zero-order valence-corrected chi connectivity index (χ0v) is 25.4. The lowest BCUT2D eigenvalue weighted by Gasteiger charge is -2.37. The first kappa shape index (κ1) is 32.1. The van der Waals surface area contributed by atoms with Crippen LogP contribution in [0.15, 0.2) is 42.5 Å². The maximum atomic E-state index is 13.6. The van der Waals surface area contributed by atoms with E-state index in [4.69, 9.17) is 17.3 Å². The van der Waals surface area contributed by atoms with Crippen LogP contribution in [-0.2, 0) is 32.1 Å².